The van der Waals surface area contributed by atoms with Crippen molar-refractivity contribution in [2.24, 2.45) is 0 Å². The molecule has 5 nitrogen and oxygen atoms in total. The second-order valence-corrected chi connectivity index (χ2v) is 9.68. The first kappa shape index (κ1) is 24.6. The van der Waals surface area contributed by atoms with Crippen molar-refractivity contribution in [2.75, 3.05) is 16.2 Å². The third-order valence-electron chi connectivity index (χ3n) is 4.81. The van der Waals surface area contributed by atoms with Gasteiger partial charge in [0.05, 0.1) is 16.1 Å². The molecule has 3 aromatic rings. The monoisotopic (exact) mass is 496 g/mol. The summed E-state index contributed by atoms with van der Waals surface area (Å²) in [5.74, 6) is -0.815. The molecular weight excluding hydrogens is 477 g/mol. The standard InChI is InChI=1S/C23H20ClF3N2O3S/c1-15-6-10-20(11-7-15)33(31,32)29(21-13-18(24)9-8-16(21)2)14-22(30)28-19-5-3-4-17(12-19)23(25,26)27/h3-13H,14H2,1-2H3,(H,28,30). The van der Waals surface area contributed by atoms with Gasteiger partial charge >= 0.3 is 6.18 Å². The molecule has 0 fully saturated rings. The number of nitrogens with one attached hydrogen (secondary N) is 1. The number of hydrogen-bond donors (Lipinski definition) is 1. The first-order valence-corrected chi connectivity index (χ1v) is 11.5. The van der Waals surface area contributed by atoms with Crippen LogP contribution >= 0.6 is 11.6 Å². The summed E-state index contributed by atoms with van der Waals surface area (Å²) in [6.07, 6.45) is -4.58. The summed E-state index contributed by atoms with van der Waals surface area (Å²) < 4.78 is 66.7. The zero-order chi connectivity index (χ0) is 24.4. The molecule has 0 aliphatic carbocycles. The van der Waals surface area contributed by atoms with Crippen molar-refractivity contribution in [1.82, 2.24) is 0 Å². The van der Waals surface area contributed by atoms with Crippen LogP contribution in [-0.2, 0) is 21.0 Å². The highest BCUT2D eigenvalue weighted by atomic mass is 35.5. The average Bonchev–Trinajstić information content (AvgIpc) is 2.74. The van der Waals surface area contributed by atoms with Crippen molar-refractivity contribution in [2.45, 2.75) is 24.9 Å². The molecule has 33 heavy (non-hydrogen) atoms. The molecule has 0 saturated heterocycles. The van der Waals surface area contributed by atoms with Gasteiger partial charge in [0.15, 0.2) is 0 Å². The van der Waals surface area contributed by atoms with Gasteiger partial charge in [-0.3, -0.25) is 9.10 Å². The maximum absolute atomic E-state index is 13.4. The minimum absolute atomic E-state index is 0.0423. The van der Waals surface area contributed by atoms with E-state index in [0.717, 1.165) is 28.1 Å². The fourth-order valence-electron chi connectivity index (χ4n) is 3.09. The van der Waals surface area contributed by atoms with E-state index in [1.54, 1.807) is 38.1 Å². The van der Waals surface area contributed by atoms with Gasteiger partial charge in [0.25, 0.3) is 10.0 Å². The van der Waals surface area contributed by atoms with Gasteiger partial charge < -0.3 is 5.32 Å². The molecule has 0 radical (unpaired) electrons. The van der Waals surface area contributed by atoms with Crippen LogP contribution in [-0.4, -0.2) is 20.9 Å². The van der Waals surface area contributed by atoms with Crippen molar-refractivity contribution in [3.63, 3.8) is 0 Å². The molecule has 0 saturated carbocycles. The Labute approximate surface area is 194 Å². The van der Waals surface area contributed by atoms with Crippen LogP contribution in [0.15, 0.2) is 71.6 Å². The van der Waals surface area contributed by atoms with E-state index in [1.165, 1.54) is 24.3 Å². The fourth-order valence-corrected chi connectivity index (χ4v) is 4.74. The minimum Gasteiger partial charge on any atom is -0.325 e. The van der Waals surface area contributed by atoms with E-state index in [2.05, 4.69) is 5.32 Å². The van der Waals surface area contributed by atoms with Crippen LogP contribution in [0.4, 0.5) is 24.5 Å². The highest BCUT2D eigenvalue weighted by Crippen LogP contribution is 2.32. The molecule has 10 heteroatoms. The molecule has 174 valence electrons. The van der Waals surface area contributed by atoms with E-state index in [9.17, 15) is 26.4 Å². The Balaban J connectivity index is 1.98. The van der Waals surface area contributed by atoms with Gasteiger partial charge in [-0.15, -0.1) is 0 Å². The number of halogens is 4. The highest BCUT2D eigenvalue weighted by Gasteiger charge is 2.31. The number of carbonyl (C=O) groups is 1. The van der Waals surface area contributed by atoms with Crippen LogP contribution in [0.1, 0.15) is 16.7 Å². The topological polar surface area (TPSA) is 66.5 Å². The van der Waals surface area contributed by atoms with Gasteiger partial charge in [-0.05, 0) is 61.9 Å². The summed E-state index contributed by atoms with van der Waals surface area (Å²) in [7, 11) is -4.20. The number of sulfonamides is 1. The van der Waals surface area contributed by atoms with Crippen molar-refractivity contribution in [3.05, 3.63) is 88.4 Å². The SMILES string of the molecule is Cc1ccc(S(=O)(=O)N(CC(=O)Nc2cccc(C(F)(F)F)c2)c2cc(Cl)ccc2C)cc1. The largest absolute Gasteiger partial charge is 0.416 e. The van der Waals surface area contributed by atoms with E-state index < -0.39 is 34.2 Å². The molecule has 3 aromatic carbocycles. The Bertz CT molecular complexity index is 1280. The lowest BCUT2D eigenvalue weighted by Gasteiger charge is -2.26. The van der Waals surface area contributed by atoms with Crippen LogP contribution < -0.4 is 9.62 Å². The van der Waals surface area contributed by atoms with Crippen LogP contribution in [0.5, 0.6) is 0 Å². The fraction of sp³-hybridized carbons (Fsp3) is 0.174. The van der Waals surface area contributed by atoms with E-state index in [4.69, 9.17) is 11.6 Å². The molecular formula is C23H20ClF3N2O3S. The van der Waals surface area contributed by atoms with Crippen molar-refractivity contribution >= 4 is 38.9 Å². The molecule has 0 heterocycles. The van der Waals surface area contributed by atoms with Crippen LogP contribution in [0.2, 0.25) is 5.02 Å². The first-order chi connectivity index (χ1) is 15.4. The first-order valence-electron chi connectivity index (χ1n) is 9.70. The molecule has 1 amide bonds. The lowest BCUT2D eigenvalue weighted by atomic mass is 10.2. The molecule has 0 aliphatic heterocycles. The van der Waals surface area contributed by atoms with Crippen LogP contribution in [0, 0.1) is 13.8 Å². The predicted molar refractivity (Wildman–Crippen MR) is 122 cm³/mol. The van der Waals surface area contributed by atoms with Gasteiger partial charge in [-0.2, -0.15) is 13.2 Å². The third-order valence-corrected chi connectivity index (χ3v) is 6.82. The lowest BCUT2D eigenvalue weighted by molar-refractivity contribution is -0.137. The number of hydrogen-bond acceptors (Lipinski definition) is 3. The average molecular weight is 497 g/mol. The molecule has 0 bridgehead atoms. The summed E-state index contributed by atoms with van der Waals surface area (Å²) in [5.41, 5.74) is 0.534. The summed E-state index contributed by atoms with van der Waals surface area (Å²) in [6.45, 7) is 2.79. The van der Waals surface area contributed by atoms with Gasteiger partial charge in [-0.25, -0.2) is 8.42 Å². The molecule has 1 N–H and O–H groups in total. The second-order valence-electron chi connectivity index (χ2n) is 7.38. The van der Waals surface area contributed by atoms with Gasteiger partial charge in [-0.1, -0.05) is 41.4 Å². The highest BCUT2D eigenvalue weighted by molar-refractivity contribution is 7.92. The Morgan fingerprint density at radius 2 is 1.67 bits per heavy atom. The van der Waals surface area contributed by atoms with E-state index in [1.807, 2.05) is 0 Å². The summed E-state index contributed by atoms with van der Waals surface area (Å²) in [5, 5.41) is 2.61. The summed E-state index contributed by atoms with van der Waals surface area (Å²) >= 11 is 6.08. The predicted octanol–water partition coefficient (Wildman–Crippen LogP) is 5.81. The second kappa shape index (κ2) is 9.44. The lowest BCUT2D eigenvalue weighted by Crippen LogP contribution is -2.38. The Kier molecular flexibility index (Phi) is 7.04. The quantitative estimate of drug-likeness (QED) is 0.468. The van der Waals surface area contributed by atoms with Gasteiger partial charge in [0, 0.05) is 10.7 Å². The van der Waals surface area contributed by atoms with Crippen LogP contribution in [0.3, 0.4) is 0 Å². The van der Waals surface area contributed by atoms with Gasteiger partial charge in [0.2, 0.25) is 5.91 Å². The number of alkyl halides is 3. The number of nitrogens with zero attached hydrogens (tertiary/aromatic N) is 1. The number of anilines is 2. The third kappa shape index (κ3) is 5.85. The number of amides is 1. The normalized spacial score (nSPS) is 11.8. The van der Waals surface area contributed by atoms with Crippen molar-refractivity contribution in [1.29, 1.82) is 0 Å². The van der Waals surface area contributed by atoms with Crippen molar-refractivity contribution < 1.29 is 26.4 Å². The van der Waals surface area contributed by atoms with Gasteiger partial charge in [0.1, 0.15) is 6.54 Å². The molecule has 0 spiro atoms. The molecule has 0 aliphatic rings. The van der Waals surface area contributed by atoms with Crippen LogP contribution in [0.25, 0.3) is 0 Å². The number of carbonyl (C=O) groups excluding carboxylic acids is 1. The molecule has 3 rings (SSSR count). The Morgan fingerprint density at radius 3 is 2.30 bits per heavy atom. The summed E-state index contributed by atoms with van der Waals surface area (Å²) in [6, 6.07) is 14.8. The zero-order valence-corrected chi connectivity index (χ0v) is 19.2. The summed E-state index contributed by atoms with van der Waals surface area (Å²) in [4.78, 5) is 12.7. The van der Waals surface area contributed by atoms with E-state index in [-0.39, 0.29) is 21.3 Å². The maximum atomic E-state index is 13.4. The minimum atomic E-state index is -4.58. The van der Waals surface area contributed by atoms with Crippen molar-refractivity contribution in [3.8, 4) is 0 Å². The Hall–Kier alpha value is -3.04. The Morgan fingerprint density at radius 1 is 1.00 bits per heavy atom. The smallest absolute Gasteiger partial charge is 0.325 e. The zero-order valence-electron chi connectivity index (χ0n) is 17.7. The molecule has 0 atom stereocenters. The van der Waals surface area contributed by atoms with E-state index in [0.29, 0.717) is 5.56 Å². The number of benzene rings is 3. The number of rotatable bonds is 6. The maximum Gasteiger partial charge on any atom is 0.416 e. The van der Waals surface area contributed by atoms with E-state index >= 15 is 0 Å². The molecule has 0 unspecified atom stereocenters. The molecule has 0 aromatic heterocycles. The number of aryl methyl sites for hydroxylation is 2.